The molecule has 2 aromatic rings. The zero-order valence-electron chi connectivity index (χ0n) is 8.45. The Morgan fingerprint density at radius 1 is 1.07 bits per heavy atom. The van der Waals surface area contributed by atoms with Crippen molar-refractivity contribution in [3.05, 3.63) is 29.0 Å². The van der Waals surface area contributed by atoms with Crippen molar-refractivity contribution in [1.29, 1.82) is 0 Å². The van der Waals surface area contributed by atoms with Crippen LogP contribution in [-0.2, 0) is 0 Å². The number of halogens is 1. The van der Waals surface area contributed by atoms with Gasteiger partial charge in [0.25, 0.3) is 0 Å². The van der Waals surface area contributed by atoms with Crippen LogP contribution in [0.3, 0.4) is 0 Å². The number of fused-ring (bicyclic) bond motifs is 1. The zero-order chi connectivity index (χ0) is 10.8. The molecule has 0 unspecified atom stereocenters. The molecule has 3 nitrogen and oxygen atoms in total. The highest BCUT2D eigenvalue weighted by Gasteiger charge is 2.10. The van der Waals surface area contributed by atoms with E-state index in [1.54, 1.807) is 26.6 Å². The summed E-state index contributed by atoms with van der Waals surface area (Å²) in [5, 5.41) is 1.99. The number of methoxy groups -OCH3 is 2. The highest BCUT2D eigenvalue weighted by atomic mass is 79.9. The van der Waals surface area contributed by atoms with Gasteiger partial charge in [-0.2, -0.15) is 0 Å². The van der Waals surface area contributed by atoms with E-state index in [4.69, 9.17) is 9.47 Å². The molecule has 78 valence electrons. The lowest BCUT2D eigenvalue weighted by molar-refractivity contribution is 0.358. The Morgan fingerprint density at radius 2 is 1.87 bits per heavy atom. The normalized spacial score (nSPS) is 10.3. The quantitative estimate of drug-likeness (QED) is 0.838. The number of rotatable bonds is 2. The molecule has 1 aromatic carbocycles. The highest BCUT2D eigenvalue weighted by molar-refractivity contribution is 9.10. The van der Waals surface area contributed by atoms with E-state index < -0.39 is 0 Å². The summed E-state index contributed by atoms with van der Waals surface area (Å²) in [4.78, 5) is 4.11. The molecule has 0 amide bonds. The maximum Gasteiger partial charge on any atom is 0.170 e. The third-order valence-electron chi connectivity index (χ3n) is 2.23. The number of hydrogen-bond acceptors (Lipinski definition) is 3. The Bertz CT molecular complexity index is 499. The first-order valence-corrected chi connectivity index (χ1v) is 5.21. The fourth-order valence-corrected chi connectivity index (χ4v) is 2.00. The summed E-state index contributed by atoms with van der Waals surface area (Å²) in [6.45, 7) is 0. The van der Waals surface area contributed by atoms with Gasteiger partial charge < -0.3 is 9.47 Å². The van der Waals surface area contributed by atoms with E-state index in [1.807, 2.05) is 12.1 Å². The summed E-state index contributed by atoms with van der Waals surface area (Å²) in [6, 6.07) is 3.86. The molecule has 0 saturated carbocycles. The van der Waals surface area contributed by atoms with Crippen LogP contribution in [0, 0.1) is 0 Å². The number of benzene rings is 1. The van der Waals surface area contributed by atoms with E-state index in [0.29, 0.717) is 11.5 Å². The molecule has 0 fully saturated rings. The van der Waals surface area contributed by atoms with Gasteiger partial charge in [0.1, 0.15) is 0 Å². The minimum atomic E-state index is 0.712. The number of aromatic nitrogens is 1. The van der Waals surface area contributed by atoms with Crippen LogP contribution in [0.15, 0.2) is 29.0 Å². The van der Waals surface area contributed by atoms with Crippen molar-refractivity contribution in [2.75, 3.05) is 14.2 Å². The SMILES string of the molecule is COc1ccc2c(Br)cncc2c1OC. The van der Waals surface area contributed by atoms with E-state index in [9.17, 15) is 0 Å². The third kappa shape index (κ3) is 1.65. The van der Waals surface area contributed by atoms with Gasteiger partial charge in [0.2, 0.25) is 0 Å². The Balaban J connectivity index is 2.82. The van der Waals surface area contributed by atoms with Crippen molar-refractivity contribution in [1.82, 2.24) is 4.98 Å². The van der Waals surface area contributed by atoms with Crippen LogP contribution in [-0.4, -0.2) is 19.2 Å². The Morgan fingerprint density at radius 3 is 2.53 bits per heavy atom. The molecular weight excluding hydrogens is 258 g/mol. The van der Waals surface area contributed by atoms with Crippen LogP contribution in [0.2, 0.25) is 0 Å². The molecule has 0 aliphatic rings. The fourth-order valence-electron chi connectivity index (χ4n) is 1.53. The van der Waals surface area contributed by atoms with Gasteiger partial charge in [-0.1, -0.05) is 0 Å². The van der Waals surface area contributed by atoms with Gasteiger partial charge in [-0.15, -0.1) is 0 Å². The summed E-state index contributed by atoms with van der Waals surface area (Å²) in [6.07, 6.45) is 3.52. The molecule has 2 rings (SSSR count). The molecule has 0 aliphatic heterocycles. The van der Waals surface area contributed by atoms with Crippen molar-refractivity contribution in [3.63, 3.8) is 0 Å². The monoisotopic (exact) mass is 267 g/mol. The predicted molar refractivity (Wildman–Crippen MR) is 62.5 cm³/mol. The molecule has 0 N–H and O–H groups in total. The molecule has 4 heteroatoms. The Labute approximate surface area is 96.2 Å². The topological polar surface area (TPSA) is 31.4 Å². The zero-order valence-corrected chi connectivity index (χ0v) is 10.0. The molecule has 1 heterocycles. The van der Waals surface area contributed by atoms with Crippen LogP contribution >= 0.6 is 15.9 Å². The Hall–Kier alpha value is -1.29. The standard InChI is InChI=1S/C11H10BrNO2/c1-14-10-4-3-7-8(11(10)15-2)5-13-6-9(7)12/h3-6H,1-2H3. The molecule has 15 heavy (non-hydrogen) atoms. The van der Waals surface area contributed by atoms with E-state index in [2.05, 4.69) is 20.9 Å². The number of nitrogens with zero attached hydrogens (tertiary/aromatic N) is 1. The lowest BCUT2D eigenvalue weighted by Gasteiger charge is -2.10. The Kier molecular flexibility index (Phi) is 2.77. The average Bonchev–Trinajstić information content (AvgIpc) is 2.28. The van der Waals surface area contributed by atoms with Gasteiger partial charge in [-0.25, -0.2) is 0 Å². The summed E-state index contributed by atoms with van der Waals surface area (Å²) in [7, 11) is 3.24. The van der Waals surface area contributed by atoms with E-state index >= 15 is 0 Å². The second-order valence-electron chi connectivity index (χ2n) is 3.02. The van der Waals surface area contributed by atoms with Gasteiger partial charge in [0.15, 0.2) is 11.5 Å². The van der Waals surface area contributed by atoms with Gasteiger partial charge in [0, 0.05) is 27.6 Å². The van der Waals surface area contributed by atoms with Crippen LogP contribution in [0.1, 0.15) is 0 Å². The molecule has 0 atom stereocenters. The molecular formula is C11H10BrNO2. The molecule has 0 spiro atoms. The van der Waals surface area contributed by atoms with Gasteiger partial charge in [-0.05, 0) is 28.1 Å². The van der Waals surface area contributed by atoms with E-state index in [1.165, 1.54) is 0 Å². The number of hydrogen-bond donors (Lipinski definition) is 0. The first-order valence-electron chi connectivity index (χ1n) is 4.42. The third-order valence-corrected chi connectivity index (χ3v) is 2.86. The molecule has 0 aliphatic carbocycles. The lowest BCUT2D eigenvalue weighted by Crippen LogP contribution is -1.92. The minimum Gasteiger partial charge on any atom is -0.493 e. The first kappa shape index (κ1) is 10.2. The predicted octanol–water partition coefficient (Wildman–Crippen LogP) is 3.01. The molecule has 0 saturated heterocycles. The average molecular weight is 268 g/mol. The number of ether oxygens (including phenoxy) is 2. The van der Waals surface area contributed by atoms with E-state index in [0.717, 1.165) is 15.2 Å². The summed E-state index contributed by atoms with van der Waals surface area (Å²) in [5.41, 5.74) is 0. The second-order valence-corrected chi connectivity index (χ2v) is 3.87. The summed E-state index contributed by atoms with van der Waals surface area (Å²) in [5.74, 6) is 1.42. The van der Waals surface area contributed by atoms with Crippen molar-refractivity contribution >= 4 is 26.7 Å². The van der Waals surface area contributed by atoms with Gasteiger partial charge >= 0.3 is 0 Å². The maximum absolute atomic E-state index is 5.32. The smallest absolute Gasteiger partial charge is 0.170 e. The molecule has 0 radical (unpaired) electrons. The van der Waals surface area contributed by atoms with Crippen molar-refractivity contribution in [3.8, 4) is 11.5 Å². The maximum atomic E-state index is 5.32. The summed E-state index contributed by atoms with van der Waals surface area (Å²) >= 11 is 3.45. The van der Waals surface area contributed by atoms with Gasteiger partial charge in [-0.3, -0.25) is 4.98 Å². The van der Waals surface area contributed by atoms with Crippen molar-refractivity contribution < 1.29 is 9.47 Å². The second kappa shape index (κ2) is 4.06. The molecule has 1 aromatic heterocycles. The van der Waals surface area contributed by atoms with Gasteiger partial charge in [0.05, 0.1) is 14.2 Å². The highest BCUT2D eigenvalue weighted by Crippen LogP contribution is 2.37. The summed E-state index contributed by atoms with van der Waals surface area (Å²) < 4.78 is 11.5. The van der Waals surface area contributed by atoms with Crippen LogP contribution < -0.4 is 9.47 Å². The lowest BCUT2D eigenvalue weighted by atomic mass is 10.1. The number of pyridine rings is 1. The minimum absolute atomic E-state index is 0.712. The van der Waals surface area contributed by atoms with Crippen LogP contribution in [0.4, 0.5) is 0 Å². The van der Waals surface area contributed by atoms with Crippen LogP contribution in [0.5, 0.6) is 11.5 Å². The van der Waals surface area contributed by atoms with Crippen molar-refractivity contribution in [2.45, 2.75) is 0 Å². The van der Waals surface area contributed by atoms with Crippen LogP contribution in [0.25, 0.3) is 10.8 Å². The van der Waals surface area contributed by atoms with Crippen molar-refractivity contribution in [2.24, 2.45) is 0 Å². The van der Waals surface area contributed by atoms with E-state index in [-0.39, 0.29) is 0 Å². The molecule has 0 bridgehead atoms. The first-order chi connectivity index (χ1) is 7.27. The largest absolute Gasteiger partial charge is 0.493 e. The fraction of sp³-hybridized carbons (Fsp3) is 0.182.